The predicted molar refractivity (Wildman–Crippen MR) is 84.4 cm³/mol. The number of aromatic nitrogens is 1. The first kappa shape index (κ1) is 14.9. The Morgan fingerprint density at radius 1 is 1.23 bits per heavy atom. The van der Waals surface area contributed by atoms with E-state index in [0.717, 1.165) is 10.9 Å². The van der Waals surface area contributed by atoms with Crippen molar-refractivity contribution in [1.29, 1.82) is 0 Å². The summed E-state index contributed by atoms with van der Waals surface area (Å²) in [6.45, 7) is 0.188. The van der Waals surface area contributed by atoms with Crippen molar-refractivity contribution >= 4 is 40.1 Å². The summed E-state index contributed by atoms with van der Waals surface area (Å²) in [7, 11) is 0. The van der Waals surface area contributed by atoms with Gasteiger partial charge < -0.3 is 9.67 Å². The molecule has 0 atom stereocenters. The van der Waals surface area contributed by atoms with Crippen LogP contribution in [0.2, 0.25) is 10.0 Å². The van der Waals surface area contributed by atoms with Crippen LogP contribution in [-0.4, -0.2) is 15.6 Å². The van der Waals surface area contributed by atoms with Crippen LogP contribution in [0.15, 0.2) is 42.6 Å². The fourth-order valence-electron chi connectivity index (χ4n) is 2.41. The molecule has 112 valence electrons. The SMILES string of the molecule is O=C(O)c1cccc(Cn2ccc3c(Cl)cc(Cl)cc32)c1F. The van der Waals surface area contributed by atoms with Crippen LogP contribution in [0.25, 0.3) is 10.9 Å². The molecule has 6 heteroatoms. The fraction of sp³-hybridized carbons (Fsp3) is 0.0625. The van der Waals surface area contributed by atoms with E-state index in [1.165, 1.54) is 12.1 Å². The Bertz CT molecular complexity index is 889. The zero-order chi connectivity index (χ0) is 15.9. The smallest absolute Gasteiger partial charge is 0.338 e. The summed E-state index contributed by atoms with van der Waals surface area (Å²) in [4.78, 5) is 11.0. The van der Waals surface area contributed by atoms with Gasteiger partial charge in [-0.05, 0) is 24.3 Å². The van der Waals surface area contributed by atoms with Crippen molar-refractivity contribution in [2.45, 2.75) is 6.54 Å². The predicted octanol–water partition coefficient (Wildman–Crippen LogP) is 4.83. The van der Waals surface area contributed by atoms with Crippen molar-refractivity contribution in [2.24, 2.45) is 0 Å². The second-order valence-corrected chi connectivity index (χ2v) is 5.69. The number of rotatable bonds is 3. The molecule has 0 saturated heterocycles. The summed E-state index contributed by atoms with van der Waals surface area (Å²) < 4.78 is 16.0. The lowest BCUT2D eigenvalue weighted by Crippen LogP contribution is -2.06. The van der Waals surface area contributed by atoms with E-state index in [0.29, 0.717) is 10.0 Å². The maximum atomic E-state index is 14.2. The molecule has 3 nitrogen and oxygen atoms in total. The molecular weight excluding hydrogens is 328 g/mol. The highest BCUT2D eigenvalue weighted by Crippen LogP contribution is 2.29. The molecule has 1 N–H and O–H groups in total. The molecule has 1 heterocycles. The summed E-state index contributed by atoms with van der Waals surface area (Å²) >= 11 is 12.1. The quantitative estimate of drug-likeness (QED) is 0.743. The van der Waals surface area contributed by atoms with E-state index in [2.05, 4.69) is 0 Å². The minimum atomic E-state index is -1.29. The normalized spacial score (nSPS) is 11.0. The van der Waals surface area contributed by atoms with E-state index < -0.39 is 11.8 Å². The molecule has 1 aromatic heterocycles. The number of hydrogen-bond donors (Lipinski definition) is 1. The molecule has 0 unspecified atom stereocenters. The Morgan fingerprint density at radius 3 is 2.73 bits per heavy atom. The highest BCUT2D eigenvalue weighted by Gasteiger charge is 2.15. The van der Waals surface area contributed by atoms with Gasteiger partial charge in [-0.15, -0.1) is 0 Å². The van der Waals surface area contributed by atoms with E-state index >= 15 is 0 Å². The van der Waals surface area contributed by atoms with Gasteiger partial charge >= 0.3 is 5.97 Å². The van der Waals surface area contributed by atoms with Gasteiger partial charge in [0.25, 0.3) is 0 Å². The monoisotopic (exact) mass is 337 g/mol. The topological polar surface area (TPSA) is 42.2 Å². The summed E-state index contributed by atoms with van der Waals surface area (Å²) in [6.07, 6.45) is 1.76. The fourth-order valence-corrected chi connectivity index (χ4v) is 2.95. The van der Waals surface area contributed by atoms with Crippen LogP contribution >= 0.6 is 23.2 Å². The number of carboxylic acid groups (broad SMARTS) is 1. The van der Waals surface area contributed by atoms with Crippen LogP contribution < -0.4 is 0 Å². The number of fused-ring (bicyclic) bond motifs is 1. The number of carbonyl (C=O) groups is 1. The molecule has 22 heavy (non-hydrogen) atoms. The summed E-state index contributed by atoms with van der Waals surface area (Å²) in [5.74, 6) is -2.02. The molecule has 0 radical (unpaired) electrons. The Morgan fingerprint density at radius 2 is 2.00 bits per heavy atom. The highest BCUT2D eigenvalue weighted by molar-refractivity contribution is 6.38. The average molecular weight is 338 g/mol. The van der Waals surface area contributed by atoms with E-state index in [9.17, 15) is 9.18 Å². The van der Waals surface area contributed by atoms with Crippen molar-refractivity contribution in [1.82, 2.24) is 4.57 Å². The van der Waals surface area contributed by atoms with Crippen LogP contribution in [0.1, 0.15) is 15.9 Å². The van der Waals surface area contributed by atoms with E-state index in [1.807, 2.05) is 6.07 Å². The zero-order valence-electron chi connectivity index (χ0n) is 11.2. The standard InChI is InChI=1S/C16H10Cl2FNO2/c17-10-6-13(18)11-4-5-20(14(11)7-10)8-9-2-1-3-12(15(9)19)16(21)22/h1-7H,8H2,(H,21,22). The molecule has 0 aliphatic rings. The van der Waals surface area contributed by atoms with Crippen LogP contribution in [0.3, 0.4) is 0 Å². The lowest BCUT2D eigenvalue weighted by atomic mass is 10.1. The van der Waals surface area contributed by atoms with Gasteiger partial charge in [-0.1, -0.05) is 35.3 Å². The molecule has 0 saturated carbocycles. The number of benzene rings is 2. The number of aromatic carboxylic acids is 1. The lowest BCUT2D eigenvalue weighted by molar-refractivity contribution is 0.0691. The molecule has 0 spiro atoms. The van der Waals surface area contributed by atoms with Crippen LogP contribution in [0.4, 0.5) is 4.39 Å². The average Bonchev–Trinajstić information content (AvgIpc) is 2.84. The third kappa shape index (κ3) is 2.56. The summed E-state index contributed by atoms with van der Waals surface area (Å²) in [5, 5.41) is 10.8. The van der Waals surface area contributed by atoms with Crippen molar-refractivity contribution in [3.8, 4) is 0 Å². The Kier molecular flexibility index (Phi) is 3.81. The Balaban J connectivity index is 2.08. The van der Waals surface area contributed by atoms with Gasteiger partial charge in [-0.2, -0.15) is 0 Å². The first-order valence-electron chi connectivity index (χ1n) is 6.42. The molecule has 3 rings (SSSR count). The van der Waals surface area contributed by atoms with Crippen molar-refractivity contribution in [3.63, 3.8) is 0 Å². The molecule has 3 aromatic rings. The van der Waals surface area contributed by atoms with E-state index in [4.69, 9.17) is 28.3 Å². The van der Waals surface area contributed by atoms with Crippen LogP contribution in [0.5, 0.6) is 0 Å². The largest absolute Gasteiger partial charge is 0.478 e. The third-order valence-electron chi connectivity index (χ3n) is 3.45. The van der Waals surface area contributed by atoms with Crippen LogP contribution in [0, 0.1) is 5.82 Å². The third-order valence-corrected chi connectivity index (χ3v) is 3.98. The molecule has 0 fully saturated rings. The lowest BCUT2D eigenvalue weighted by Gasteiger charge is -2.09. The Hall–Kier alpha value is -2.04. The van der Waals surface area contributed by atoms with Gasteiger partial charge in [-0.25, -0.2) is 9.18 Å². The van der Waals surface area contributed by atoms with Gasteiger partial charge in [0.2, 0.25) is 0 Å². The zero-order valence-corrected chi connectivity index (χ0v) is 12.7. The Labute approximate surface area is 135 Å². The van der Waals surface area contributed by atoms with Gasteiger partial charge in [0, 0.05) is 22.2 Å². The molecule has 0 amide bonds. The second kappa shape index (κ2) is 5.63. The minimum Gasteiger partial charge on any atom is -0.478 e. The number of hydrogen-bond acceptors (Lipinski definition) is 1. The molecule has 2 aromatic carbocycles. The van der Waals surface area contributed by atoms with E-state index in [-0.39, 0.29) is 17.7 Å². The summed E-state index contributed by atoms with van der Waals surface area (Å²) in [6, 6.07) is 9.51. The summed E-state index contributed by atoms with van der Waals surface area (Å²) in [5.41, 5.74) is 0.705. The van der Waals surface area contributed by atoms with E-state index in [1.54, 1.807) is 29.0 Å². The van der Waals surface area contributed by atoms with Gasteiger partial charge in [-0.3, -0.25) is 0 Å². The first-order chi connectivity index (χ1) is 10.5. The van der Waals surface area contributed by atoms with Gasteiger partial charge in [0.1, 0.15) is 5.82 Å². The van der Waals surface area contributed by atoms with Crippen molar-refractivity contribution < 1.29 is 14.3 Å². The number of halogens is 3. The van der Waals surface area contributed by atoms with Crippen LogP contribution in [-0.2, 0) is 6.54 Å². The number of nitrogens with zero attached hydrogens (tertiary/aromatic N) is 1. The van der Waals surface area contributed by atoms with Gasteiger partial charge in [0.05, 0.1) is 22.6 Å². The number of carboxylic acids is 1. The highest BCUT2D eigenvalue weighted by atomic mass is 35.5. The molecule has 0 aliphatic carbocycles. The van der Waals surface area contributed by atoms with Gasteiger partial charge in [0.15, 0.2) is 0 Å². The molecule has 0 aliphatic heterocycles. The second-order valence-electron chi connectivity index (χ2n) is 4.85. The minimum absolute atomic E-state index is 0.188. The molecule has 0 bridgehead atoms. The molecular formula is C16H10Cl2FNO2. The first-order valence-corrected chi connectivity index (χ1v) is 7.17. The van der Waals surface area contributed by atoms with Crippen molar-refractivity contribution in [3.05, 3.63) is 69.6 Å². The maximum absolute atomic E-state index is 14.2. The van der Waals surface area contributed by atoms with Crippen molar-refractivity contribution in [2.75, 3.05) is 0 Å². The maximum Gasteiger partial charge on any atom is 0.338 e.